The topological polar surface area (TPSA) is 105 Å². The number of likely N-dealkylation sites (tertiary alicyclic amines) is 1. The zero-order valence-corrected chi connectivity index (χ0v) is 10.1. The van der Waals surface area contributed by atoms with Gasteiger partial charge in [0.05, 0.1) is 6.04 Å². The van der Waals surface area contributed by atoms with Crippen LogP contribution in [0.4, 0.5) is 4.79 Å². The summed E-state index contributed by atoms with van der Waals surface area (Å²) in [5.41, 5.74) is 5.20. The number of rotatable bonds is 2. The largest absolute Gasteiger partial charge is 0.351 e. The second-order valence-corrected chi connectivity index (χ2v) is 4.77. The van der Waals surface area contributed by atoms with Gasteiger partial charge in [-0.25, -0.2) is 4.79 Å². The molecule has 7 heteroatoms. The number of piperidine rings is 2. The van der Waals surface area contributed by atoms with Gasteiger partial charge in [-0.05, 0) is 19.3 Å². The van der Waals surface area contributed by atoms with Gasteiger partial charge in [-0.1, -0.05) is 0 Å². The average molecular weight is 254 g/mol. The molecule has 0 saturated carbocycles. The first-order valence-electron chi connectivity index (χ1n) is 6.20. The summed E-state index contributed by atoms with van der Waals surface area (Å²) in [5.74, 6) is -0.454. The van der Waals surface area contributed by atoms with Gasteiger partial charge in [0, 0.05) is 25.6 Å². The number of primary amides is 1. The first-order valence-corrected chi connectivity index (χ1v) is 6.20. The minimum absolute atomic E-state index is 0.199. The molecule has 18 heavy (non-hydrogen) atoms. The fourth-order valence-corrected chi connectivity index (χ4v) is 2.40. The van der Waals surface area contributed by atoms with Crippen LogP contribution in [0.5, 0.6) is 0 Å². The van der Waals surface area contributed by atoms with E-state index in [1.54, 1.807) is 4.90 Å². The predicted octanol–water partition coefficient (Wildman–Crippen LogP) is -1.08. The summed E-state index contributed by atoms with van der Waals surface area (Å²) in [6, 6.07) is -0.494. The van der Waals surface area contributed by atoms with Crippen molar-refractivity contribution in [3.63, 3.8) is 0 Å². The summed E-state index contributed by atoms with van der Waals surface area (Å²) in [6.45, 7) is 1.22. The lowest BCUT2D eigenvalue weighted by Gasteiger charge is -2.34. The number of hydrogen-bond donors (Lipinski definition) is 3. The maximum absolute atomic E-state index is 11.6. The number of nitrogens with zero attached hydrogens (tertiary/aromatic N) is 1. The van der Waals surface area contributed by atoms with Gasteiger partial charge in [0.1, 0.15) is 0 Å². The third-order valence-corrected chi connectivity index (χ3v) is 3.48. The molecule has 4 amide bonds. The molecule has 100 valence electrons. The lowest BCUT2D eigenvalue weighted by molar-refractivity contribution is -0.135. The number of urea groups is 1. The van der Waals surface area contributed by atoms with E-state index in [9.17, 15) is 14.4 Å². The molecule has 0 aromatic heterocycles. The standard InChI is InChI=1S/C11H18N4O3/c12-11(18)15-5-3-7(4-6-15)13-8-1-2-9(16)14-10(8)17/h7-8,13H,1-6H2,(H2,12,18)(H,14,16,17). The summed E-state index contributed by atoms with van der Waals surface area (Å²) >= 11 is 0. The highest BCUT2D eigenvalue weighted by molar-refractivity contribution is 6.00. The SMILES string of the molecule is NC(=O)N1CCC(NC2CCC(=O)NC2=O)CC1. The van der Waals surface area contributed by atoms with Crippen molar-refractivity contribution in [1.29, 1.82) is 0 Å². The Labute approximate surface area is 105 Å². The van der Waals surface area contributed by atoms with E-state index in [0.29, 0.717) is 25.9 Å². The van der Waals surface area contributed by atoms with Crippen LogP contribution in [-0.4, -0.2) is 47.9 Å². The van der Waals surface area contributed by atoms with Gasteiger partial charge in [0.2, 0.25) is 11.8 Å². The summed E-state index contributed by atoms with van der Waals surface area (Å²) in [6.07, 6.45) is 2.48. The van der Waals surface area contributed by atoms with E-state index in [1.165, 1.54) is 0 Å². The molecular formula is C11H18N4O3. The number of amides is 4. The van der Waals surface area contributed by atoms with Crippen LogP contribution >= 0.6 is 0 Å². The smallest absolute Gasteiger partial charge is 0.314 e. The van der Waals surface area contributed by atoms with Gasteiger partial charge < -0.3 is 16.0 Å². The summed E-state index contributed by atoms with van der Waals surface area (Å²) in [7, 11) is 0. The molecule has 0 bridgehead atoms. The van der Waals surface area contributed by atoms with Crippen molar-refractivity contribution in [3.8, 4) is 0 Å². The summed E-state index contributed by atoms with van der Waals surface area (Å²) < 4.78 is 0. The van der Waals surface area contributed by atoms with E-state index in [0.717, 1.165) is 12.8 Å². The average Bonchev–Trinajstić information content (AvgIpc) is 2.33. The normalized spacial score (nSPS) is 26.0. The van der Waals surface area contributed by atoms with Gasteiger partial charge in [-0.2, -0.15) is 0 Å². The van der Waals surface area contributed by atoms with Crippen molar-refractivity contribution in [2.45, 2.75) is 37.8 Å². The lowest BCUT2D eigenvalue weighted by atomic mass is 10.0. The monoisotopic (exact) mass is 254 g/mol. The van der Waals surface area contributed by atoms with Crippen LogP contribution in [0.2, 0.25) is 0 Å². The molecule has 4 N–H and O–H groups in total. The van der Waals surface area contributed by atoms with Crippen LogP contribution in [-0.2, 0) is 9.59 Å². The van der Waals surface area contributed by atoms with E-state index in [1.807, 2.05) is 0 Å². The molecule has 0 aromatic rings. The maximum atomic E-state index is 11.6. The Balaban J connectivity index is 1.79. The van der Waals surface area contributed by atoms with Gasteiger partial charge in [0.15, 0.2) is 0 Å². The Morgan fingerprint density at radius 3 is 2.50 bits per heavy atom. The fourth-order valence-electron chi connectivity index (χ4n) is 2.40. The Morgan fingerprint density at radius 1 is 1.28 bits per heavy atom. The zero-order valence-electron chi connectivity index (χ0n) is 10.1. The molecule has 2 heterocycles. The van der Waals surface area contributed by atoms with Crippen molar-refractivity contribution in [2.24, 2.45) is 5.73 Å². The van der Waals surface area contributed by atoms with Crippen LogP contribution in [0.1, 0.15) is 25.7 Å². The molecule has 2 saturated heterocycles. The van der Waals surface area contributed by atoms with E-state index in [4.69, 9.17) is 5.73 Å². The minimum atomic E-state index is -0.394. The molecule has 0 aliphatic carbocycles. The van der Waals surface area contributed by atoms with E-state index >= 15 is 0 Å². The first-order chi connectivity index (χ1) is 8.56. The van der Waals surface area contributed by atoms with Crippen LogP contribution in [0.15, 0.2) is 0 Å². The molecular weight excluding hydrogens is 236 g/mol. The third-order valence-electron chi connectivity index (χ3n) is 3.48. The Morgan fingerprint density at radius 2 is 1.94 bits per heavy atom. The number of imide groups is 1. The highest BCUT2D eigenvalue weighted by atomic mass is 16.2. The van der Waals surface area contributed by atoms with Crippen molar-refractivity contribution in [2.75, 3.05) is 13.1 Å². The maximum Gasteiger partial charge on any atom is 0.314 e. The summed E-state index contributed by atoms with van der Waals surface area (Å²) in [4.78, 5) is 35.1. The van der Waals surface area contributed by atoms with E-state index < -0.39 is 6.03 Å². The highest BCUT2D eigenvalue weighted by Crippen LogP contribution is 2.13. The third kappa shape index (κ3) is 2.98. The molecule has 0 aromatic carbocycles. The molecule has 1 unspecified atom stereocenters. The predicted molar refractivity (Wildman–Crippen MR) is 63.5 cm³/mol. The molecule has 2 aliphatic heterocycles. The Bertz CT molecular complexity index is 363. The van der Waals surface area contributed by atoms with Crippen molar-refractivity contribution in [1.82, 2.24) is 15.5 Å². The molecule has 0 radical (unpaired) electrons. The molecule has 7 nitrogen and oxygen atoms in total. The van der Waals surface area contributed by atoms with Crippen LogP contribution < -0.4 is 16.4 Å². The van der Waals surface area contributed by atoms with Crippen molar-refractivity contribution in [3.05, 3.63) is 0 Å². The lowest BCUT2D eigenvalue weighted by Crippen LogP contribution is -2.55. The van der Waals surface area contributed by atoms with Gasteiger partial charge >= 0.3 is 6.03 Å². The zero-order chi connectivity index (χ0) is 13.1. The van der Waals surface area contributed by atoms with Gasteiger partial charge in [-0.15, -0.1) is 0 Å². The van der Waals surface area contributed by atoms with Crippen LogP contribution in [0.3, 0.4) is 0 Å². The van der Waals surface area contributed by atoms with Gasteiger partial charge in [-0.3, -0.25) is 14.9 Å². The van der Waals surface area contributed by atoms with Crippen LogP contribution in [0, 0.1) is 0 Å². The second-order valence-electron chi connectivity index (χ2n) is 4.77. The fraction of sp³-hybridized carbons (Fsp3) is 0.727. The molecule has 2 fully saturated rings. The number of carbonyl (C=O) groups is 3. The molecule has 1 atom stereocenters. The Kier molecular flexibility index (Phi) is 3.81. The molecule has 2 rings (SSSR count). The first kappa shape index (κ1) is 12.8. The van der Waals surface area contributed by atoms with Crippen LogP contribution in [0.25, 0.3) is 0 Å². The molecule has 2 aliphatic rings. The second kappa shape index (κ2) is 5.34. The van der Waals surface area contributed by atoms with E-state index in [-0.39, 0.29) is 23.9 Å². The van der Waals surface area contributed by atoms with Gasteiger partial charge in [0.25, 0.3) is 0 Å². The number of nitrogens with two attached hydrogens (primary N) is 1. The Hall–Kier alpha value is -1.63. The number of hydrogen-bond acceptors (Lipinski definition) is 4. The number of carbonyl (C=O) groups excluding carboxylic acids is 3. The highest BCUT2D eigenvalue weighted by Gasteiger charge is 2.30. The minimum Gasteiger partial charge on any atom is -0.351 e. The number of nitrogens with one attached hydrogen (secondary N) is 2. The summed E-state index contributed by atoms with van der Waals surface area (Å²) in [5, 5.41) is 5.57. The van der Waals surface area contributed by atoms with Crippen molar-refractivity contribution < 1.29 is 14.4 Å². The molecule has 0 spiro atoms. The quantitative estimate of drug-likeness (QED) is 0.545. The van der Waals surface area contributed by atoms with Crippen molar-refractivity contribution >= 4 is 17.8 Å². The van der Waals surface area contributed by atoms with E-state index in [2.05, 4.69) is 10.6 Å².